The molecular formula is C49H90O2. The van der Waals surface area contributed by atoms with Crippen molar-refractivity contribution in [3.8, 4) is 0 Å². The van der Waals surface area contributed by atoms with Crippen LogP contribution in [-0.4, -0.2) is 11.1 Å². The SMILES string of the molecule is CCCCCCCCCCCCCCc1cc(C(=O)O)cc(CCCCCCCCCCCCCC)c1CCCCCCCCCCCCCC. The van der Waals surface area contributed by atoms with Crippen LogP contribution in [0.1, 0.15) is 279 Å². The van der Waals surface area contributed by atoms with Gasteiger partial charge in [-0.15, -0.1) is 0 Å². The average Bonchev–Trinajstić information content (AvgIpc) is 3.13. The summed E-state index contributed by atoms with van der Waals surface area (Å²) in [5.41, 5.74) is 4.77. The first-order valence-electron chi connectivity index (χ1n) is 23.5. The standard InChI is InChI=1S/C49H90O2/c1-4-7-10-13-16-19-22-25-28-31-34-37-40-45-43-47(49(50)51)44-46(41-38-35-32-29-26-23-20-17-14-11-8-5-2)48(45)42-39-36-33-30-27-24-21-18-15-12-9-6-3/h43-44H,4-42H2,1-3H3,(H,50,51). The lowest BCUT2D eigenvalue weighted by Crippen LogP contribution is -2.07. The molecule has 0 spiro atoms. The summed E-state index contributed by atoms with van der Waals surface area (Å²) in [6, 6.07) is 4.12. The molecule has 0 atom stereocenters. The van der Waals surface area contributed by atoms with Gasteiger partial charge in [-0.2, -0.15) is 0 Å². The third-order valence-electron chi connectivity index (χ3n) is 11.6. The van der Waals surface area contributed by atoms with E-state index in [9.17, 15) is 9.90 Å². The van der Waals surface area contributed by atoms with Crippen LogP contribution >= 0.6 is 0 Å². The van der Waals surface area contributed by atoms with Crippen molar-refractivity contribution in [3.05, 3.63) is 34.4 Å². The van der Waals surface area contributed by atoms with Crippen molar-refractivity contribution < 1.29 is 9.90 Å². The van der Waals surface area contributed by atoms with Crippen LogP contribution in [0.4, 0.5) is 0 Å². The molecule has 1 N–H and O–H groups in total. The van der Waals surface area contributed by atoms with Crippen LogP contribution in [0.25, 0.3) is 0 Å². The summed E-state index contributed by atoms with van der Waals surface area (Å²) in [4.78, 5) is 12.2. The number of benzene rings is 1. The van der Waals surface area contributed by atoms with Crippen LogP contribution in [-0.2, 0) is 19.3 Å². The Labute approximate surface area is 320 Å². The Morgan fingerprint density at radius 2 is 0.569 bits per heavy atom. The number of carboxylic acids is 1. The van der Waals surface area contributed by atoms with E-state index < -0.39 is 5.97 Å². The van der Waals surface area contributed by atoms with Crippen LogP contribution in [0.3, 0.4) is 0 Å². The number of rotatable bonds is 40. The number of aromatic carboxylic acids is 1. The smallest absolute Gasteiger partial charge is 0.335 e. The summed E-state index contributed by atoms with van der Waals surface area (Å²) in [6.07, 6.45) is 52.5. The van der Waals surface area contributed by atoms with Gasteiger partial charge in [0.1, 0.15) is 0 Å². The first-order chi connectivity index (χ1) is 25.1. The van der Waals surface area contributed by atoms with E-state index in [-0.39, 0.29) is 0 Å². The van der Waals surface area contributed by atoms with Crippen molar-refractivity contribution in [2.24, 2.45) is 0 Å². The fraction of sp³-hybridized carbons (Fsp3) is 0.857. The zero-order valence-corrected chi connectivity index (χ0v) is 35.1. The van der Waals surface area contributed by atoms with Crippen molar-refractivity contribution in [1.82, 2.24) is 0 Å². The molecule has 0 saturated carbocycles. The highest BCUT2D eigenvalue weighted by Crippen LogP contribution is 2.26. The minimum Gasteiger partial charge on any atom is -0.478 e. The van der Waals surface area contributed by atoms with Gasteiger partial charge in [-0.25, -0.2) is 4.79 Å². The van der Waals surface area contributed by atoms with Crippen molar-refractivity contribution >= 4 is 5.97 Å². The summed E-state index contributed by atoms with van der Waals surface area (Å²) < 4.78 is 0. The predicted molar refractivity (Wildman–Crippen MR) is 228 cm³/mol. The van der Waals surface area contributed by atoms with Gasteiger partial charge in [0.05, 0.1) is 5.56 Å². The van der Waals surface area contributed by atoms with Gasteiger partial charge in [0.15, 0.2) is 0 Å². The molecule has 51 heavy (non-hydrogen) atoms. The molecule has 0 radical (unpaired) electrons. The minimum atomic E-state index is -0.751. The van der Waals surface area contributed by atoms with Crippen LogP contribution in [0.5, 0.6) is 0 Å². The van der Waals surface area contributed by atoms with Crippen molar-refractivity contribution in [1.29, 1.82) is 0 Å². The molecule has 2 heteroatoms. The number of carboxylic acid groups (broad SMARTS) is 1. The molecule has 2 nitrogen and oxygen atoms in total. The van der Waals surface area contributed by atoms with E-state index >= 15 is 0 Å². The van der Waals surface area contributed by atoms with Gasteiger partial charge in [0, 0.05) is 0 Å². The maximum absolute atomic E-state index is 12.2. The van der Waals surface area contributed by atoms with Gasteiger partial charge >= 0.3 is 5.97 Å². The topological polar surface area (TPSA) is 37.3 Å². The van der Waals surface area contributed by atoms with Crippen LogP contribution in [0, 0.1) is 0 Å². The lowest BCUT2D eigenvalue weighted by molar-refractivity contribution is 0.0696. The lowest BCUT2D eigenvalue weighted by Gasteiger charge is -2.17. The van der Waals surface area contributed by atoms with Gasteiger partial charge in [-0.1, -0.05) is 233 Å². The van der Waals surface area contributed by atoms with Gasteiger partial charge < -0.3 is 5.11 Å². The first-order valence-corrected chi connectivity index (χ1v) is 23.5. The molecule has 0 saturated heterocycles. The summed E-state index contributed by atoms with van der Waals surface area (Å²) in [7, 11) is 0. The number of unbranched alkanes of at least 4 members (excludes halogenated alkanes) is 33. The number of carbonyl (C=O) groups is 1. The van der Waals surface area contributed by atoms with E-state index in [2.05, 4.69) is 32.9 Å². The molecule has 0 heterocycles. The van der Waals surface area contributed by atoms with Gasteiger partial charge in [-0.3, -0.25) is 0 Å². The zero-order chi connectivity index (χ0) is 36.9. The third kappa shape index (κ3) is 28.8. The Kier molecular flexibility index (Phi) is 34.6. The number of hydrogen-bond acceptors (Lipinski definition) is 1. The van der Waals surface area contributed by atoms with Gasteiger partial charge in [0.2, 0.25) is 0 Å². The second-order valence-electron chi connectivity index (χ2n) is 16.5. The maximum atomic E-state index is 12.2. The minimum absolute atomic E-state index is 0.524. The Morgan fingerprint density at radius 3 is 0.804 bits per heavy atom. The Balaban J connectivity index is 2.58. The Morgan fingerprint density at radius 1 is 0.353 bits per heavy atom. The van der Waals surface area contributed by atoms with E-state index in [1.807, 2.05) is 0 Å². The highest BCUT2D eigenvalue weighted by atomic mass is 16.4. The molecule has 0 aliphatic rings. The highest BCUT2D eigenvalue weighted by Gasteiger charge is 2.15. The quantitative estimate of drug-likeness (QED) is 0.0689. The molecule has 1 rings (SSSR count). The molecule has 0 unspecified atom stereocenters. The summed E-state index contributed by atoms with van der Waals surface area (Å²) in [6.45, 7) is 6.89. The predicted octanol–water partition coefficient (Wildman–Crippen LogP) is 17.1. The largest absolute Gasteiger partial charge is 0.478 e. The van der Waals surface area contributed by atoms with E-state index in [0.717, 1.165) is 19.3 Å². The van der Waals surface area contributed by atoms with Crippen molar-refractivity contribution in [3.63, 3.8) is 0 Å². The van der Waals surface area contributed by atoms with Gasteiger partial charge in [0.25, 0.3) is 0 Å². The molecule has 0 bridgehead atoms. The second-order valence-corrected chi connectivity index (χ2v) is 16.5. The molecule has 0 aromatic heterocycles. The number of aryl methyl sites for hydroxylation is 2. The summed E-state index contributed by atoms with van der Waals surface area (Å²) >= 11 is 0. The molecule has 298 valence electrons. The summed E-state index contributed by atoms with van der Waals surface area (Å²) in [5, 5.41) is 10.1. The molecular weight excluding hydrogens is 621 g/mol. The third-order valence-corrected chi connectivity index (χ3v) is 11.6. The first kappa shape index (κ1) is 47.7. The molecule has 1 aromatic carbocycles. The van der Waals surface area contributed by atoms with Crippen molar-refractivity contribution in [2.45, 2.75) is 271 Å². The second kappa shape index (κ2) is 37.0. The molecule has 0 fully saturated rings. The molecule has 0 amide bonds. The van der Waals surface area contributed by atoms with E-state index in [4.69, 9.17) is 0 Å². The lowest BCUT2D eigenvalue weighted by atomic mass is 9.88. The normalized spacial score (nSPS) is 11.5. The molecule has 0 aliphatic heterocycles. The Hall–Kier alpha value is -1.31. The van der Waals surface area contributed by atoms with E-state index in [1.165, 1.54) is 248 Å². The maximum Gasteiger partial charge on any atom is 0.335 e. The monoisotopic (exact) mass is 711 g/mol. The number of hydrogen-bond donors (Lipinski definition) is 1. The molecule has 1 aromatic rings. The highest BCUT2D eigenvalue weighted by molar-refractivity contribution is 5.88. The zero-order valence-electron chi connectivity index (χ0n) is 35.1. The van der Waals surface area contributed by atoms with Gasteiger partial charge in [-0.05, 0) is 67.3 Å². The Bertz CT molecular complexity index is 839. The van der Waals surface area contributed by atoms with Crippen LogP contribution in [0.15, 0.2) is 12.1 Å². The fourth-order valence-corrected chi connectivity index (χ4v) is 8.14. The van der Waals surface area contributed by atoms with E-state index in [0.29, 0.717) is 5.56 Å². The van der Waals surface area contributed by atoms with Crippen molar-refractivity contribution in [2.75, 3.05) is 0 Å². The van der Waals surface area contributed by atoms with Crippen LogP contribution in [0.2, 0.25) is 0 Å². The fourth-order valence-electron chi connectivity index (χ4n) is 8.14. The van der Waals surface area contributed by atoms with E-state index in [1.54, 1.807) is 0 Å². The summed E-state index contributed by atoms with van der Waals surface area (Å²) in [5.74, 6) is -0.751. The average molecular weight is 711 g/mol. The molecule has 0 aliphatic carbocycles. The van der Waals surface area contributed by atoms with Crippen LogP contribution < -0.4 is 0 Å².